The standard InChI is InChI=1S/C39H37N5O7/c1-22(45)35-40-17-16-26(42-35)21-50-28-9-4-23(5-10-28)39(2,3)24-6-11-29(12-7-24)51-30-18-27(19-30)41-25-8-13-31-32(20-25)38(49)44(37(31)48)33-14-15-34(46)43-36(33)47/h4-13,16-17,20,27,30,33,41H,14-15,18-19,21H2,1-3H3,(H,43,46,47)/t27-,30-,33?. The molecule has 1 aliphatic carbocycles. The lowest BCUT2D eigenvalue weighted by molar-refractivity contribution is -0.136. The normalized spacial score (nSPS) is 20.0. The molecule has 2 N–H and O–H groups in total. The topological polar surface area (TPSA) is 157 Å². The number of rotatable bonds is 11. The fourth-order valence-corrected chi connectivity index (χ4v) is 6.66. The van der Waals surface area contributed by atoms with Gasteiger partial charge in [-0.3, -0.25) is 34.2 Å². The van der Waals surface area contributed by atoms with Gasteiger partial charge in [0.2, 0.25) is 11.8 Å². The van der Waals surface area contributed by atoms with Gasteiger partial charge in [-0.25, -0.2) is 9.97 Å². The molecular formula is C39H37N5O7. The summed E-state index contributed by atoms with van der Waals surface area (Å²) in [6, 6.07) is 22.0. The molecule has 4 amide bonds. The fraction of sp³-hybridized carbons (Fsp3) is 0.308. The molecule has 3 heterocycles. The Morgan fingerprint density at radius 2 is 1.57 bits per heavy atom. The van der Waals surface area contributed by atoms with Crippen LogP contribution in [-0.2, 0) is 21.6 Å². The number of ketones is 1. The first kappa shape index (κ1) is 33.6. The maximum Gasteiger partial charge on any atom is 0.262 e. The van der Waals surface area contributed by atoms with Gasteiger partial charge in [0.1, 0.15) is 30.3 Å². The van der Waals surface area contributed by atoms with Crippen molar-refractivity contribution >= 4 is 35.1 Å². The number of hydrogen-bond acceptors (Lipinski definition) is 10. The highest BCUT2D eigenvalue weighted by Gasteiger charge is 2.45. The van der Waals surface area contributed by atoms with Crippen molar-refractivity contribution < 1.29 is 33.4 Å². The molecule has 260 valence electrons. The number of piperidine rings is 1. The van der Waals surface area contributed by atoms with Crippen LogP contribution in [0.1, 0.15) is 94.6 Å². The summed E-state index contributed by atoms with van der Waals surface area (Å²) >= 11 is 0. The summed E-state index contributed by atoms with van der Waals surface area (Å²) in [7, 11) is 0. The molecule has 7 rings (SSSR count). The Hall–Kier alpha value is -5.91. The largest absolute Gasteiger partial charge is 0.490 e. The maximum atomic E-state index is 13.2. The van der Waals surface area contributed by atoms with E-state index in [1.54, 1.807) is 30.5 Å². The second kappa shape index (κ2) is 13.4. The van der Waals surface area contributed by atoms with Gasteiger partial charge in [-0.15, -0.1) is 0 Å². The second-order valence-corrected chi connectivity index (χ2v) is 13.7. The lowest BCUT2D eigenvalue weighted by atomic mass is 9.78. The van der Waals surface area contributed by atoms with Crippen molar-refractivity contribution in [2.75, 3.05) is 5.32 Å². The third-order valence-electron chi connectivity index (χ3n) is 9.77. The van der Waals surface area contributed by atoms with E-state index in [4.69, 9.17) is 9.47 Å². The van der Waals surface area contributed by atoms with Crippen LogP contribution in [0.15, 0.2) is 79.0 Å². The van der Waals surface area contributed by atoms with E-state index in [9.17, 15) is 24.0 Å². The first-order valence-corrected chi connectivity index (χ1v) is 16.9. The van der Waals surface area contributed by atoms with Gasteiger partial charge in [0.05, 0.1) is 16.8 Å². The number of amides is 4. The SMILES string of the molecule is CC(=O)c1nccc(COc2ccc(C(C)(C)c3ccc(O[C@H]4C[C@H](Nc5ccc6c(c5)C(=O)N(C5CCC(=O)NC5=O)C6=O)C4)cc3)cc2)n1. The summed E-state index contributed by atoms with van der Waals surface area (Å²) in [5, 5.41) is 5.64. The molecule has 3 aromatic carbocycles. The number of hydrogen-bond donors (Lipinski definition) is 2. The molecular weight excluding hydrogens is 650 g/mol. The van der Waals surface area contributed by atoms with Gasteiger partial charge in [-0.1, -0.05) is 38.1 Å². The summed E-state index contributed by atoms with van der Waals surface area (Å²) in [6.45, 7) is 6.00. The third-order valence-corrected chi connectivity index (χ3v) is 9.77. The van der Waals surface area contributed by atoms with Crippen LogP contribution in [0, 0.1) is 0 Å². The molecule has 1 unspecified atom stereocenters. The molecule has 4 aromatic rings. The number of benzene rings is 3. The molecule has 1 aromatic heterocycles. The van der Waals surface area contributed by atoms with Crippen LogP contribution in [0.5, 0.6) is 11.5 Å². The average molecular weight is 688 g/mol. The monoisotopic (exact) mass is 687 g/mol. The Labute approximate surface area is 294 Å². The Morgan fingerprint density at radius 1 is 0.902 bits per heavy atom. The lowest BCUT2D eigenvalue weighted by Crippen LogP contribution is -2.54. The van der Waals surface area contributed by atoms with Gasteiger partial charge < -0.3 is 14.8 Å². The molecule has 0 radical (unpaired) electrons. The van der Waals surface area contributed by atoms with Crippen LogP contribution >= 0.6 is 0 Å². The van der Waals surface area contributed by atoms with Crippen molar-refractivity contribution in [1.29, 1.82) is 0 Å². The smallest absolute Gasteiger partial charge is 0.262 e. The average Bonchev–Trinajstić information content (AvgIpc) is 3.35. The van der Waals surface area contributed by atoms with E-state index in [-0.39, 0.29) is 59.7 Å². The molecule has 12 nitrogen and oxygen atoms in total. The molecule has 1 saturated heterocycles. The van der Waals surface area contributed by atoms with Crippen LogP contribution in [0.4, 0.5) is 5.69 Å². The zero-order chi connectivity index (χ0) is 35.9. The van der Waals surface area contributed by atoms with Crippen molar-refractivity contribution in [2.24, 2.45) is 0 Å². The second-order valence-electron chi connectivity index (χ2n) is 13.7. The maximum absolute atomic E-state index is 13.2. The highest BCUT2D eigenvalue weighted by atomic mass is 16.5. The van der Waals surface area contributed by atoms with Crippen molar-refractivity contribution in [2.45, 2.75) is 76.7 Å². The van der Waals surface area contributed by atoms with E-state index in [1.807, 2.05) is 36.4 Å². The summed E-state index contributed by atoms with van der Waals surface area (Å²) in [5.74, 6) is -0.609. The van der Waals surface area contributed by atoms with Crippen LogP contribution in [0.3, 0.4) is 0 Å². The molecule has 0 spiro atoms. The minimum Gasteiger partial charge on any atom is -0.490 e. The summed E-state index contributed by atoms with van der Waals surface area (Å²) in [6.07, 6.45) is 3.32. The first-order valence-electron chi connectivity index (χ1n) is 16.9. The molecule has 2 fully saturated rings. The van der Waals surface area contributed by atoms with Gasteiger partial charge >= 0.3 is 0 Å². The Bertz CT molecular complexity index is 2040. The number of fused-ring (bicyclic) bond motifs is 1. The van der Waals surface area contributed by atoms with Crippen LogP contribution in [-0.4, -0.2) is 62.5 Å². The quantitative estimate of drug-likeness (QED) is 0.162. The van der Waals surface area contributed by atoms with Crippen molar-refractivity contribution in [3.05, 3.63) is 113 Å². The van der Waals surface area contributed by atoms with E-state index in [0.717, 1.165) is 34.6 Å². The Morgan fingerprint density at radius 3 is 2.24 bits per heavy atom. The predicted octanol–water partition coefficient (Wildman–Crippen LogP) is 5.01. The van der Waals surface area contributed by atoms with Crippen molar-refractivity contribution in [1.82, 2.24) is 20.2 Å². The zero-order valence-electron chi connectivity index (χ0n) is 28.5. The van der Waals surface area contributed by atoms with E-state index in [2.05, 4.69) is 46.6 Å². The van der Waals surface area contributed by atoms with Gasteiger partial charge in [0.25, 0.3) is 11.8 Å². The fourth-order valence-electron chi connectivity index (χ4n) is 6.66. The number of nitrogens with zero attached hydrogens (tertiary/aromatic N) is 3. The van der Waals surface area contributed by atoms with Gasteiger partial charge in [0.15, 0.2) is 11.6 Å². The highest BCUT2D eigenvalue weighted by Crippen LogP contribution is 2.36. The molecule has 12 heteroatoms. The highest BCUT2D eigenvalue weighted by molar-refractivity contribution is 6.23. The number of carbonyl (C=O) groups is 5. The van der Waals surface area contributed by atoms with Gasteiger partial charge in [-0.05, 0) is 66.1 Å². The molecule has 2 aliphatic heterocycles. The van der Waals surface area contributed by atoms with Crippen LogP contribution < -0.4 is 20.1 Å². The molecule has 1 atom stereocenters. The number of ether oxygens (including phenoxy) is 2. The number of imide groups is 2. The molecule has 3 aliphatic rings. The molecule has 51 heavy (non-hydrogen) atoms. The number of anilines is 1. The van der Waals surface area contributed by atoms with E-state index < -0.39 is 29.7 Å². The molecule has 1 saturated carbocycles. The van der Waals surface area contributed by atoms with E-state index in [1.165, 1.54) is 6.92 Å². The number of aromatic nitrogens is 2. The van der Waals surface area contributed by atoms with Crippen molar-refractivity contribution in [3.8, 4) is 11.5 Å². The number of Topliss-reactive ketones (excluding diaryl/α,β-unsaturated/α-hetero) is 1. The van der Waals surface area contributed by atoms with E-state index in [0.29, 0.717) is 17.1 Å². The summed E-state index contributed by atoms with van der Waals surface area (Å²) in [4.78, 5) is 70.8. The Balaban J connectivity index is 0.901. The van der Waals surface area contributed by atoms with Crippen LogP contribution in [0.2, 0.25) is 0 Å². The van der Waals surface area contributed by atoms with E-state index >= 15 is 0 Å². The lowest BCUT2D eigenvalue weighted by Gasteiger charge is -2.36. The first-order chi connectivity index (χ1) is 24.5. The Kier molecular flexibility index (Phi) is 8.84. The minimum atomic E-state index is -0.990. The van der Waals surface area contributed by atoms with Crippen LogP contribution in [0.25, 0.3) is 0 Å². The molecule has 0 bridgehead atoms. The zero-order valence-corrected chi connectivity index (χ0v) is 28.5. The third kappa shape index (κ3) is 6.81. The number of nitrogens with one attached hydrogen (secondary N) is 2. The van der Waals surface area contributed by atoms with Crippen molar-refractivity contribution in [3.63, 3.8) is 0 Å². The predicted molar refractivity (Wildman–Crippen MR) is 186 cm³/mol. The minimum absolute atomic E-state index is 0.0333. The summed E-state index contributed by atoms with van der Waals surface area (Å²) < 4.78 is 12.1. The number of carbonyl (C=O) groups excluding carboxylic acids is 5. The van der Waals surface area contributed by atoms with Gasteiger partial charge in [0, 0.05) is 49.5 Å². The summed E-state index contributed by atoms with van der Waals surface area (Å²) in [5.41, 5.74) is 3.83. The van der Waals surface area contributed by atoms with Gasteiger partial charge in [-0.2, -0.15) is 0 Å².